The second kappa shape index (κ2) is 7.86. The highest BCUT2D eigenvalue weighted by molar-refractivity contribution is 7.92. The Hall–Kier alpha value is -2.78. The molecular weight excluding hydrogens is 356 g/mol. The fourth-order valence-corrected chi connectivity index (χ4v) is 3.22. The maximum Gasteiger partial charge on any atom is 0.366 e. The molecule has 0 aliphatic carbocycles. The highest BCUT2D eigenvalue weighted by atomic mass is 32.2. The van der Waals surface area contributed by atoms with Crippen LogP contribution in [0.15, 0.2) is 65.6 Å². The molecule has 25 heavy (non-hydrogen) atoms. The summed E-state index contributed by atoms with van der Waals surface area (Å²) in [7, 11) is -4.46. The van der Waals surface area contributed by atoms with E-state index >= 15 is 0 Å². The number of hydrogen-bond donors (Lipinski definition) is 1. The van der Waals surface area contributed by atoms with E-state index in [0.29, 0.717) is 0 Å². The van der Waals surface area contributed by atoms with Crippen molar-refractivity contribution >= 4 is 27.8 Å². The summed E-state index contributed by atoms with van der Waals surface area (Å²) in [6.45, 7) is -3.36. The lowest BCUT2D eigenvalue weighted by molar-refractivity contribution is -0.131. The molecule has 0 heterocycles. The second-order valence-electron chi connectivity index (χ2n) is 4.68. The molecule has 0 radical (unpaired) electrons. The Labute approximate surface area is 142 Å². The van der Waals surface area contributed by atoms with Crippen LogP contribution in [0.2, 0.25) is 0 Å². The summed E-state index contributed by atoms with van der Waals surface area (Å²) < 4.78 is 50.9. The minimum atomic E-state index is -4.46. The van der Waals surface area contributed by atoms with E-state index in [4.69, 9.17) is 5.11 Å². The van der Waals surface area contributed by atoms with Crippen molar-refractivity contribution in [2.45, 2.75) is 11.5 Å². The van der Waals surface area contributed by atoms with Gasteiger partial charge in [0.2, 0.25) is 0 Å². The van der Waals surface area contributed by atoms with Gasteiger partial charge in [-0.2, -0.15) is 22.0 Å². The van der Waals surface area contributed by atoms with E-state index in [1.165, 1.54) is 48.5 Å². The molecule has 6 nitrogen and oxygen atoms in total. The first-order valence-electron chi connectivity index (χ1n) is 6.87. The largest absolute Gasteiger partial charge is 0.478 e. The number of alkyl halides is 2. The molecule has 0 spiro atoms. The number of carboxylic acid groups (broad SMARTS) is 1. The van der Waals surface area contributed by atoms with Gasteiger partial charge in [-0.1, -0.05) is 30.3 Å². The van der Waals surface area contributed by atoms with E-state index in [0.717, 1.165) is 12.1 Å². The lowest BCUT2D eigenvalue weighted by Crippen LogP contribution is -2.33. The van der Waals surface area contributed by atoms with Gasteiger partial charge in [0.15, 0.2) is 0 Å². The van der Waals surface area contributed by atoms with E-state index in [1.54, 1.807) is 6.07 Å². The Morgan fingerprint density at radius 1 is 1.12 bits per heavy atom. The topological polar surface area (TPSA) is 83.9 Å². The van der Waals surface area contributed by atoms with Gasteiger partial charge in [-0.25, -0.2) is 4.79 Å². The smallest absolute Gasteiger partial charge is 0.366 e. The predicted octanol–water partition coefficient (Wildman–Crippen LogP) is 3.13. The van der Waals surface area contributed by atoms with Crippen molar-refractivity contribution in [1.82, 2.24) is 0 Å². The van der Waals surface area contributed by atoms with Crippen molar-refractivity contribution in [2.24, 2.45) is 0 Å². The van der Waals surface area contributed by atoms with Crippen LogP contribution in [-0.4, -0.2) is 26.1 Å². The molecule has 132 valence electrons. The van der Waals surface area contributed by atoms with Crippen molar-refractivity contribution in [1.29, 1.82) is 0 Å². The van der Waals surface area contributed by atoms with Crippen molar-refractivity contribution in [3.05, 3.63) is 66.2 Å². The number of halogens is 2. The average molecular weight is 369 g/mol. The fraction of sp³-hybridized carbons (Fsp3) is 0.0625. The molecule has 0 saturated heterocycles. The van der Waals surface area contributed by atoms with Crippen molar-refractivity contribution in [3.63, 3.8) is 0 Å². The summed E-state index contributed by atoms with van der Waals surface area (Å²) in [5.74, 6) is -1.21. The van der Waals surface area contributed by atoms with Gasteiger partial charge in [0.05, 0.1) is 10.6 Å². The normalized spacial score (nSPS) is 11.8. The van der Waals surface area contributed by atoms with E-state index in [2.05, 4.69) is 4.84 Å². The van der Waals surface area contributed by atoms with Gasteiger partial charge in [-0.15, -0.1) is 4.47 Å². The van der Waals surface area contributed by atoms with Crippen LogP contribution in [0.25, 0.3) is 6.08 Å². The van der Waals surface area contributed by atoms with E-state index < -0.39 is 22.6 Å². The Balaban J connectivity index is 2.46. The molecule has 0 aliphatic rings. The summed E-state index contributed by atoms with van der Waals surface area (Å²) in [6.07, 6.45) is 2.01. The van der Waals surface area contributed by atoms with Crippen LogP contribution < -0.4 is 4.47 Å². The number of hydrogen-bond acceptors (Lipinski definition) is 4. The third-order valence-corrected chi connectivity index (χ3v) is 4.52. The number of nitrogens with zero attached hydrogens (tertiary/aromatic N) is 1. The summed E-state index contributed by atoms with van der Waals surface area (Å²) in [5, 5.41) is 8.62. The van der Waals surface area contributed by atoms with Crippen LogP contribution in [0.3, 0.4) is 0 Å². The molecule has 0 amide bonds. The van der Waals surface area contributed by atoms with Crippen molar-refractivity contribution < 1.29 is 31.9 Å². The van der Waals surface area contributed by atoms with Crippen LogP contribution in [0, 0.1) is 0 Å². The van der Waals surface area contributed by atoms with E-state index in [9.17, 15) is 22.0 Å². The average Bonchev–Trinajstić information content (AvgIpc) is 2.58. The van der Waals surface area contributed by atoms with E-state index in [-0.39, 0.29) is 20.6 Å². The molecule has 0 unspecified atom stereocenters. The number of carbonyl (C=O) groups is 1. The molecule has 2 aromatic rings. The highest BCUT2D eigenvalue weighted by Gasteiger charge is 2.29. The van der Waals surface area contributed by atoms with Crippen LogP contribution in [0.5, 0.6) is 0 Å². The Morgan fingerprint density at radius 2 is 1.80 bits per heavy atom. The van der Waals surface area contributed by atoms with Gasteiger partial charge in [0.25, 0.3) is 10.0 Å². The van der Waals surface area contributed by atoms with Gasteiger partial charge >= 0.3 is 12.6 Å². The van der Waals surface area contributed by atoms with Gasteiger partial charge in [0.1, 0.15) is 0 Å². The third kappa shape index (κ3) is 4.85. The van der Waals surface area contributed by atoms with Crippen molar-refractivity contribution in [3.8, 4) is 0 Å². The van der Waals surface area contributed by atoms with Crippen molar-refractivity contribution in [2.75, 3.05) is 4.47 Å². The highest BCUT2D eigenvalue weighted by Crippen LogP contribution is 2.26. The zero-order valence-corrected chi connectivity index (χ0v) is 13.4. The maximum absolute atomic E-state index is 12.7. The minimum Gasteiger partial charge on any atom is -0.478 e. The minimum absolute atomic E-state index is 0.103. The fourth-order valence-electron chi connectivity index (χ4n) is 1.92. The van der Waals surface area contributed by atoms with Gasteiger partial charge in [-0.05, 0) is 35.9 Å². The Bertz CT molecular complexity index is 869. The SMILES string of the molecule is O=C(O)C=Cc1cccc(S(=O)(=O)N(OC(F)F)c2ccccc2)c1. The molecule has 1 N–H and O–H groups in total. The van der Waals surface area contributed by atoms with E-state index in [1.807, 2.05) is 0 Å². The molecular formula is C16H13F2NO5S. The molecule has 9 heteroatoms. The van der Waals surface area contributed by atoms with Crippen LogP contribution in [0.1, 0.15) is 5.56 Å². The number of carboxylic acids is 1. The lowest BCUT2D eigenvalue weighted by Gasteiger charge is -2.22. The zero-order chi connectivity index (χ0) is 18.4. The molecule has 2 aromatic carbocycles. The quantitative estimate of drug-likeness (QED) is 0.599. The monoisotopic (exact) mass is 369 g/mol. The number of rotatable bonds is 7. The molecule has 0 bridgehead atoms. The predicted molar refractivity (Wildman–Crippen MR) is 86.3 cm³/mol. The molecule has 0 atom stereocenters. The molecule has 0 fully saturated rings. The number of sulfonamides is 1. The van der Waals surface area contributed by atoms with Crippen LogP contribution in [0.4, 0.5) is 14.5 Å². The number of aliphatic carboxylic acids is 1. The van der Waals surface area contributed by atoms with Crippen LogP contribution in [-0.2, 0) is 19.7 Å². The number of anilines is 1. The first-order valence-corrected chi connectivity index (χ1v) is 8.31. The first kappa shape index (κ1) is 18.6. The molecule has 0 saturated carbocycles. The number of para-hydroxylation sites is 1. The van der Waals surface area contributed by atoms with Gasteiger partial charge in [-0.3, -0.25) is 0 Å². The second-order valence-corrected chi connectivity index (χ2v) is 6.43. The first-order chi connectivity index (χ1) is 11.8. The standard InChI is InChI=1S/C16H13F2NO5S/c17-16(18)24-19(13-6-2-1-3-7-13)25(22,23)14-8-4-5-12(11-14)9-10-15(20)21/h1-11,16H,(H,20,21). The maximum atomic E-state index is 12.7. The summed E-state index contributed by atoms with van der Waals surface area (Å²) in [5.41, 5.74) is 0.169. The summed E-state index contributed by atoms with van der Waals surface area (Å²) in [6, 6.07) is 12.3. The Morgan fingerprint density at radius 3 is 2.40 bits per heavy atom. The molecule has 2 rings (SSSR count). The summed E-state index contributed by atoms with van der Waals surface area (Å²) in [4.78, 5) is 14.4. The zero-order valence-electron chi connectivity index (χ0n) is 12.6. The summed E-state index contributed by atoms with van der Waals surface area (Å²) >= 11 is 0. The van der Waals surface area contributed by atoms with Gasteiger partial charge < -0.3 is 5.11 Å². The lowest BCUT2D eigenvalue weighted by atomic mass is 10.2. The van der Waals surface area contributed by atoms with Crippen LogP contribution >= 0.6 is 0 Å². The third-order valence-electron chi connectivity index (χ3n) is 2.94. The van der Waals surface area contributed by atoms with Gasteiger partial charge in [0, 0.05) is 6.08 Å². The molecule has 0 aromatic heterocycles. The number of benzene rings is 2. The Kier molecular flexibility index (Phi) is 5.84. The molecule has 0 aliphatic heterocycles.